The molecule has 1 saturated heterocycles. The predicted molar refractivity (Wildman–Crippen MR) is 143 cm³/mol. The van der Waals surface area contributed by atoms with E-state index in [0.717, 1.165) is 65.4 Å². The van der Waals surface area contributed by atoms with E-state index in [1.54, 1.807) is 0 Å². The maximum atomic E-state index is 13.9. The Morgan fingerprint density at radius 2 is 1.81 bits per heavy atom. The molecule has 0 spiro atoms. The molecule has 3 aliphatic rings. The lowest BCUT2D eigenvalue weighted by Gasteiger charge is -2.41. The second-order valence-corrected chi connectivity index (χ2v) is 11.6. The lowest BCUT2D eigenvalue weighted by molar-refractivity contribution is 0.0473. The first-order valence-corrected chi connectivity index (χ1v) is 13.4. The van der Waals surface area contributed by atoms with Gasteiger partial charge in [-0.3, -0.25) is 4.79 Å². The van der Waals surface area contributed by atoms with E-state index in [4.69, 9.17) is 15.2 Å². The highest BCUT2D eigenvalue weighted by molar-refractivity contribution is 6.20. The second-order valence-electron chi connectivity index (χ2n) is 11.6. The van der Waals surface area contributed by atoms with Crippen LogP contribution in [0.3, 0.4) is 0 Å². The van der Waals surface area contributed by atoms with Crippen molar-refractivity contribution in [1.82, 2.24) is 9.88 Å². The quantitative estimate of drug-likeness (QED) is 0.444. The number of aromatic nitrogens is 1. The summed E-state index contributed by atoms with van der Waals surface area (Å²) >= 11 is 0. The molecule has 1 aliphatic heterocycles. The van der Waals surface area contributed by atoms with Crippen LogP contribution in [-0.4, -0.2) is 47.0 Å². The van der Waals surface area contributed by atoms with Gasteiger partial charge in [-0.2, -0.15) is 0 Å². The number of carbonyl (C=O) groups is 1. The van der Waals surface area contributed by atoms with Crippen LogP contribution in [0.1, 0.15) is 87.0 Å². The standard InChI is InChI=1S/C30H37N3O3/c1-17(2)35-25-15-22-23(16-26(25)36-20-10-12-33(13-11-20)19-6-5-7-19)30(3,4)29-27(28(22)34)21-9-8-18(31)14-24(21)32-29/h8-9,14-17,19-20,32H,5-7,10-13,31H2,1-4H3. The number of fused-ring (bicyclic) bond motifs is 4. The van der Waals surface area contributed by atoms with Gasteiger partial charge in [0.05, 0.1) is 11.7 Å². The summed E-state index contributed by atoms with van der Waals surface area (Å²) in [6.07, 6.45) is 6.22. The van der Waals surface area contributed by atoms with Crippen molar-refractivity contribution in [2.45, 2.75) is 83.5 Å². The highest BCUT2D eigenvalue weighted by Gasteiger charge is 2.41. The van der Waals surface area contributed by atoms with Crippen molar-refractivity contribution >= 4 is 22.4 Å². The van der Waals surface area contributed by atoms with Crippen LogP contribution in [0.25, 0.3) is 10.9 Å². The molecule has 1 saturated carbocycles. The summed E-state index contributed by atoms with van der Waals surface area (Å²) in [5.74, 6) is 1.42. The number of benzene rings is 2. The van der Waals surface area contributed by atoms with Gasteiger partial charge in [-0.05, 0) is 69.4 Å². The average molecular weight is 488 g/mol. The number of ketones is 1. The Kier molecular flexibility index (Phi) is 5.56. The van der Waals surface area contributed by atoms with Crippen molar-refractivity contribution in [3.05, 3.63) is 52.7 Å². The minimum atomic E-state index is -0.408. The van der Waals surface area contributed by atoms with Crippen LogP contribution in [0.4, 0.5) is 5.69 Å². The maximum absolute atomic E-state index is 13.9. The summed E-state index contributed by atoms with van der Waals surface area (Å²) in [6, 6.07) is 10.5. The van der Waals surface area contributed by atoms with Crippen molar-refractivity contribution in [2.75, 3.05) is 18.8 Å². The number of nitrogen functional groups attached to an aromatic ring is 1. The molecule has 2 fully saturated rings. The third-order valence-corrected chi connectivity index (χ3v) is 8.40. The molecule has 0 amide bonds. The fourth-order valence-corrected chi connectivity index (χ4v) is 6.18. The first-order chi connectivity index (χ1) is 17.2. The number of nitrogens with two attached hydrogens (primary N) is 1. The Labute approximate surface area is 213 Å². The summed E-state index contributed by atoms with van der Waals surface area (Å²) in [6.45, 7) is 10.5. The topological polar surface area (TPSA) is 80.6 Å². The van der Waals surface area contributed by atoms with Crippen molar-refractivity contribution in [2.24, 2.45) is 0 Å². The van der Waals surface area contributed by atoms with Crippen LogP contribution in [0, 0.1) is 0 Å². The van der Waals surface area contributed by atoms with Crippen LogP contribution in [-0.2, 0) is 5.41 Å². The lowest BCUT2D eigenvalue weighted by Crippen LogP contribution is -2.46. The number of carbonyl (C=O) groups excluding carboxylic acids is 1. The molecule has 3 aromatic rings. The Bertz CT molecular complexity index is 1330. The Balaban J connectivity index is 1.37. The van der Waals surface area contributed by atoms with E-state index in [0.29, 0.717) is 17.0 Å². The van der Waals surface area contributed by atoms with E-state index in [1.807, 2.05) is 38.1 Å². The predicted octanol–water partition coefficient (Wildman–Crippen LogP) is 5.80. The molecular formula is C30H37N3O3. The number of likely N-dealkylation sites (tertiary alicyclic amines) is 1. The van der Waals surface area contributed by atoms with E-state index < -0.39 is 5.41 Å². The Morgan fingerprint density at radius 3 is 2.47 bits per heavy atom. The van der Waals surface area contributed by atoms with E-state index in [1.165, 1.54) is 19.3 Å². The number of nitrogens with zero attached hydrogens (tertiary/aromatic N) is 1. The fraction of sp³-hybridized carbons (Fsp3) is 0.500. The second kappa shape index (κ2) is 8.55. The van der Waals surface area contributed by atoms with Gasteiger partial charge in [0.1, 0.15) is 6.10 Å². The molecule has 0 radical (unpaired) electrons. The van der Waals surface area contributed by atoms with Crippen LogP contribution in [0.2, 0.25) is 0 Å². The zero-order valence-electron chi connectivity index (χ0n) is 21.8. The molecule has 3 N–H and O–H groups in total. The normalized spacial score (nSPS) is 20.3. The number of H-pyrrole nitrogens is 1. The molecule has 190 valence electrons. The zero-order valence-corrected chi connectivity index (χ0v) is 21.8. The van der Waals surface area contributed by atoms with Gasteiger partial charge < -0.3 is 25.1 Å². The Morgan fingerprint density at radius 1 is 1.06 bits per heavy atom. The first kappa shape index (κ1) is 23.4. The number of piperidine rings is 1. The molecule has 6 rings (SSSR count). The van der Waals surface area contributed by atoms with Gasteiger partial charge in [-0.1, -0.05) is 26.3 Å². The molecule has 0 unspecified atom stereocenters. The molecule has 0 bridgehead atoms. The molecular weight excluding hydrogens is 450 g/mol. The molecule has 2 aromatic carbocycles. The number of anilines is 1. The molecule has 0 atom stereocenters. The van der Waals surface area contributed by atoms with Gasteiger partial charge in [0.25, 0.3) is 0 Å². The minimum absolute atomic E-state index is 0.0179. The number of hydrogen-bond donors (Lipinski definition) is 2. The van der Waals surface area contributed by atoms with E-state index >= 15 is 0 Å². The Hall–Kier alpha value is -2.99. The maximum Gasteiger partial charge on any atom is 0.195 e. The lowest BCUT2D eigenvalue weighted by atomic mass is 9.71. The number of rotatable bonds is 5. The van der Waals surface area contributed by atoms with Gasteiger partial charge in [0.2, 0.25) is 0 Å². The first-order valence-electron chi connectivity index (χ1n) is 13.4. The molecule has 6 heteroatoms. The van der Waals surface area contributed by atoms with E-state index in [9.17, 15) is 4.79 Å². The van der Waals surface area contributed by atoms with Crippen LogP contribution in [0.5, 0.6) is 11.5 Å². The SMILES string of the molecule is CC(C)Oc1cc2c(cc1OC1CCN(C3CCC3)CC1)C(C)(C)c1[nH]c3cc(N)ccc3c1C2=O. The molecule has 1 aromatic heterocycles. The summed E-state index contributed by atoms with van der Waals surface area (Å²) in [4.78, 5) is 20.0. The monoisotopic (exact) mass is 487 g/mol. The smallest absolute Gasteiger partial charge is 0.195 e. The third-order valence-electron chi connectivity index (χ3n) is 8.40. The highest BCUT2D eigenvalue weighted by atomic mass is 16.5. The number of aromatic amines is 1. The van der Waals surface area contributed by atoms with Gasteiger partial charge in [-0.25, -0.2) is 0 Å². The summed E-state index contributed by atoms with van der Waals surface area (Å²) in [7, 11) is 0. The van der Waals surface area contributed by atoms with Crippen LogP contribution < -0.4 is 15.2 Å². The van der Waals surface area contributed by atoms with Crippen molar-refractivity contribution in [3.8, 4) is 11.5 Å². The highest BCUT2D eigenvalue weighted by Crippen LogP contribution is 2.47. The number of hydrogen-bond acceptors (Lipinski definition) is 5. The van der Waals surface area contributed by atoms with Crippen molar-refractivity contribution in [1.29, 1.82) is 0 Å². The van der Waals surface area contributed by atoms with Crippen LogP contribution >= 0.6 is 0 Å². The number of nitrogens with one attached hydrogen (secondary N) is 1. The van der Waals surface area contributed by atoms with Gasteiger partial charge in [0.15, 0.2) is 17.3 Å². The van der Waals surface area contributed by atoms with Crippen LogP contribution in [0.15, 0.2) is 30.3 Å². The molecule has 2 aliphatic carbocycles. The van der Waals surface area contributed by atoms with Crippen molar-refractivity contribution < 1.29 is 14.3 Å². The fourth-order valence-electron chi connectivity index (χ4n) is 6.18. The summed E-state index contributed by atoms with van der Waals surface area (Å²) < 4.78 is 12.9. The number of ether oxygens (including phenoxy) is 2. The molecule has 2 heterocycles. The van der Waals surface area contributed by atoms with Gasteiger partial charge >= 0.3 is 0 Å². The zero-order chi connectivity index (χ0) is 25.2. The minimum Gasteiger partial charge on any atom is -0.487 e. The summed E-state index contributed by atoms with van der Waals surface area (Å²) in [5, 5.41) is 0.910. The van der Waals surface area contributed by atoms with Gasteiger partial charge in [0, 0.05) is 52.4 Å². The average Bonchev–Trinajstić information content (AvgIpc) is 3.18. The largest absolute Gasteiger partial charge is 0.487 e. The molecule has 6 nitrogen and oxygen atoms in total. The third kappa shape index (κ3) is 3.78. The van der Waals surface area contributed by atoms with E-state index in [-0.39, 0.29) is 18.0 Å². The van der Waals surface area contributed by atoms with E-state index in [2.05, 4.69) is 29.8 Å². The summed E-state index contributed by atoms with van der Waals surface area (Å²) in [5.41, 5.74) is 10.5. The van der Waals surface area contributed by atoms with Gasteiger partial charge in [-0.15, -0.1) is 0 Å². The molecule has 36 heavy (non-hydrogen) atoms. The van der Waals surface area contributed by atoms with Crippen molar-refractivity contribution in [3.63, 3.8) is 0 Å².